The molecule has 6 heteroatoms. The number of rotatable bonds is 3. The summed E-state index contributed by atoms with van der Waals surface area (Å²) in [5.41, 5.74) is 0.960. The third-order valence-corrected chi connectivity index (χ3v) is 6.88. The Morgan fingerprint density at radius 3 is 2.38 bits per heavy atom. The lowest BCUT2D eigenvalue weighted by Gasteiger charge is -2.23. The molecule has 1 heterocycles. The molecular weight excluding hydrogens is 326 g/mol. The molecule has 110 valence electrons. The van der Waals surface area contributed by atoms with E-state index in [1.165, 1.54) is 0 Å². The van der Waals surface area contributed by atoms with Crippen molar-refractivity contribution in [2.45, 2.75) is 10.3 Å². The van der Waals surface area contributed by atoms with Crippen molar-refractivity contribution < 1.29 is 8.42 Å². The van der Waals surface area contributed by atoms with Crippen molar-refractivity contribution in [3.63, 3.8) is 0 Å². The van der Waals surface area contributed by atoms with Gasteiger partial charge in [-0.25, -0.2) is 8.42 Å². The van der Waals surface area contributed by atoms with Crippen LogP contribution in [0.3, 0.4) is 0 Å². The Morgan fingerprint density at radius 1 is 1.05 bits per heavy atom. The second-order valence-corrected chi connectivity index (χ2v) is 8.22. The van der Waals surface area contributed by atoms with Gasteiger partial charge < -0.3 is 0 Å². The minimum Gasteiger partial charge on any atom is -0.207 e. The molecule has 2 aromatic carbocycles. The van der Waals surface area contributed by atoms with Crippen molar-refractivity contribution in [1.29, 1.82) is 0 Å². The third-order valence-electron chi connectivity index (χ3n) is 3.35. The van der Waals surface area contributed by atoms with Crippen molar-refractivity contribution >= 4 is 33.4 Å². The Hall–Kier alpha value is -1.01. The van der Waals surface area contributed by atoms with E-state index in [1.807, 2.05) is 18.2 Å². The fourth-order valence-corrected chi connectivity index (χ4v) is 5.71. The predicted octanol–water partition coefficient (Wildman–Crippen LogP) is 3.78. The van der Waals surface area contributed by atoms with Crippen LogP contribution in [0.4, 0.5) is 0 Å². The number of hydrogen-bond donors (Lipinski definition) is 0. The van der Waals surface area contributed by atoms with Gasteiger partial charge in [-0.05, 0) is 29.8 Å². The molecule has 0 spiro atoms. The molecule has 3 rings (SSSR count). The fourth-order valence-electron chi connectivity index (χ4n) is 2.32. The Morgan fingerprint density at radius 2 is 1.71 bits per heavy atom. The van der Waals surface area contributed by atoms with E-state index < -0.39 is 10.0 Å². The third kappa shape index (κ3) is 2.97. The molecule has 1 saturated heterocycles. The van der Waals surface area contributed by atoms with Crippen LogP contribution in [0.1, 0.15) is 10.9 Å². The molecular formula is C15H14ClNO2S2. The van der Waals surface area contributed by atoms with E-state index in [0.717, 1.165) is 11.3 Å². The smallest absolute Gasteiger partial charge is 0.207 e. The van der Waals surface area contributed by atoms with Crippen LogP contribution in [0.5, 0.6) is 0 Å². The van der Waals surface area contributed by atoms with Gasteiger partial charge >= 0.3 is 0 Å². The zero-order valence-corrected chi connectivity index (χ0v) is 13.5. The normalized spacial score (nSPS) is 19.8. The average molecular weight is 340 g/mol. The summed E-state index contributed by atoms with van der Waals surface area (Å²) in [5, 5.41) is 0.465. The Labute approximate surface area is 134 Å². The predicted molar refractivity (Wildman–Crippen MR) is 87.0 cm³/mol. The number of hydrogen-bond acceptors (Lipinski definition) is 3. The average Bonchev–Trinajstić information content (AvgIpc) is 2.99. The van der Waals surface area contributed by atoms with Gasteiger partial charge in [0.15, 0.2) is 0 Å². The largest absolute Gasteiger partial charge is 0.244 e. The van der Waals surface area contributed by atoms with E-state index >= 15 is 0 Å². The molecule has 1 fully saturated rings. The first-order valence-electron chi connectivity index (χ1n) is 6.53. The fraction of sp³-hybridized carbons (Fsp3) is 0.200. The number of benzene rings is 2. The van der Waals surface area contributed by atoms with Crippen LogP contribution in [-0.2, 0) is 10.0 Å². The maximum atomic E-state index is 12.8. The van der Waals surface area contributed by atoms with Crippen LogP contribution in [0, 0.1) is 0 Å². The Balaban J connectivity index is 1.96. The van der Waals surface area contributed by atoms with Crippen LogP contribution >= 0.6 is 23.4 Å². The van der Waals surface area contributed by atoms with Crippen LogP contribution in [0.15, 0.2) is 59.5 Å². The summed E-state index contributed by atoms with van der Waals surface area (Å²) >= 11 is 7.54. The zero-order chi connectivity index (χ0) is 14.9. The van der Waals surface area contributed by atoms with E-state index in [0.29, 0.717) is 16.5 Å². The highest BCUT2D eigenvalue weighted by Gasteiger charge is 2.36. The molecule has 0 aliphatic carbocycles. The highest BCUT2D eigenvalue weighted by Crippen LogP contribution is 2.41. The van der Waals surface area contributed by atoms with Crippen LogP contribution in [0.25, 0.3) is 0 Å². The zero-order valence-electron chi connectivity index (χ0n) is 11.1. The monoisotopic (exact) mass is 339 g/mol. The minimum absolute atomic E-state index is 0.188. The number of nitrogens with zero attached hydrogens (tertiary/aromatic N) is 1. The van der Waals surface area contributed by atoms with Gasteiger partial charge in [-0.1, -0.05) is 41.9 Å². The lowest BCUT2D eigenvalue weighted by atomic mass is 10.2. The second kappa shape index (κ2) is 6.01. The van der Waals surface area contributed by atoms with Gasteiger partial charge in [0.2, 0.25) is 10.0 Å². The molecule has 0 radical (unpaired) electrons. The van der Waals surface area contributed by atoms with Gasteiger partial charge in [0.1, 0.15) is 0 Å². The lowest BCUT2D eigenvalue weighted by molar-refractivity contribution is 0.434. The molecule has 0 amide bonds. The first-order chi connectivity index (χ1) is 10.1. The van der Waals surface area contributed by atoms with Gasteiger partial charge in [0.25, 0.3) is 0 Å². The lowest BCUT2D eigenvalue weighted by Crippen LogP contribution is -2.30. The molecule has 1 aliphatic heterocycles. The van der Waals surface area contributed by atoms with E-state index in [2.05, 4.69) is 0 Å². The molecule has 3 nitrogen and oxygen atoms in total. The summed E-state index contributed by atoms with van der Waals surface area (Å²) in [6.07, 6.45) is 0. The molecule has 0 aromatic heterocycles. The highest BCUT2D eigenvalue weighted by molar-refractivity contribution is 8.01. The second-order valence-electron chi connectivity index (χ2n) is 4.70. The molecule has 21 heavy (non-hydrogen) atoms. The number of halogens is 1. The van der Waals surface area contributed by atoms with E-state index in [4.69, 9.17) is 11.6 Å². The van der Waals surface area contributed by atoms with E-state index in [-0.39, 0.29) is 5.37 Å². The van der Waals surface area contributed by atoms with Gasteiger partial charge in [0.05, 0.1) is 10.3 Å². The molecule has 0 bridgehead atoms. The van der Waals surface area contributed by atoms with Crippen molar-refractivity contribution in [1.82, 2.24) is 4.31 Å². The maximum absolute atomic E-state index is 12.8. The van der Waals surface area contributed by atoms with Crippen molar-refractivity contribution in [3.05, 3.63) is 65.2 Å². The molecule has 1 atom stereocenters. The summed E-state index contributed by atoms with van der Waals surface area (Å²) in [4.78, 5) is 0.339. The van der Waals surface area contributed by atoms with Crippen molar-refractivity contribution in [2.75, 3.05) is 12.3 Å². The molecule has 0 unspecified atom stereocenters. The molecule has 0 N–H and O–H groups in total. The van der Waals surface area contributed by atoms with Crippen LogP contribution < -0.4 is 0 Å². The SMILES string of the molecule is O=S(=O)(c1ccccc1)N1CCS[C@@H]1c1ccc(Cl)cc1. The minimum atomic E-state index is -3.47. The van der Waals surface area contributed by atoms with Gasteiger partial charge in [-0.2, -0.15) is 4.31 Å². The maximum Gasteiger partial charge on any atom is 0.244 e. The highest BCUT2D eigenvalue weighted by atomic mass is 35.5. The first kappa shape index (κ1) is 14.9. The molecule has 0 saturated carbocycles. The summed E-state index contributed by atoms with van der Waals surface area (Å²) in [6.45, 7) is 0.523. The summed E-state index contributed by atoms with van der Waals surface area (Å²) < 4.78 is 27.1. The van der Waals surface area contributed by atoms with Crippen molar-refractivity contribution in [3.8, 4) is 0 Å². The van der Waals surface area contributed by atoms with Gasteiger partial charge in [0, 0.05) is 17.3 Å². The van der Waals surface area contributed by atoms with Crippen LogP contribution in [-0.4, -0.2) is 25.0 Å². The Kier molecular flexibility index (Phi) is 4.26. The van der Waals surface area contributed by atoms with E-state index in [1.54, 1.807) is 52.5 Å². The summed E-state index contributed by atoms with van der Waals surface area (Å²) in [5.74, 6) is 0.791. The molecule has 2 aromatic rings. The standard InChI is InChI=1S/C15H14ClNO2S2/c16-13-8-6-12(7-9-13)15-17(10-11-20-15)21(18,19)14-4-2-1-3-5-14/h1-9,15H,10-11H2/t15-/m1/s1. The first-order valence-corrected chi connectivity index (χ1v) is 9.40. The topological polar surface area (TPSA) is 37.4 Å². The van der Waals surface area contributed by atoms with Gasteiger partial charge in [-0.15, -0.1) is 11.8 Å². The summed E-state index contributed by atoms with van der Waals surface area (Å²) in [6, 6.07) is 15.9. The summed E-state index contributed by atoms with van der Waals surface area (Å²) in [7, 11) is -3.47. The van der Waals surface area contributed by atoms with E-state index in [9.17, 15) is 8.42 Å². The molecule has 1 aliphatic rings. The van der Waals surface area contributed by atoms with Crippen molar-refractivity contribution in [2.24, 2.45) is 0 Å². The Bertz CT molecular complexity index is 717. The van der Waals surface area contributed by atoms with Gasteiger partial charge in [-0.3, -0.25) is 0 Å². The quantitative estimate of drug-likeness (QED) is 0.854. The number of thioether (sulfide) groups is 1. The van der Waals surface area contributed by atoms with Crippen LogP contribution in [0.2, 0.25) is 5.02 Å². The number of sulfonamides is 1.